The number of furan rings is 1. The highest BCUT2D eigenvalue weighted by Gasteiger charge is 2.19. The summed E-state index contributed by atoms with van der Waals surface area (Å²) in [5.41, 5.74) is 4.74. The highest BCUT2D eigenvalue weighted by atomic mass is 32.1. The van der Waals surface area contributed by atoms with Gasteiger partial charge in [0.15, 0.2) is 0 Å². The predicted molar refractivity (Wildman–Crippen MR) is 131 cm³/mol. The molecule has 1 aliphatic rings. The summed E-state index contributed by atoms with van der Waals surface area (Å²) in [6.07, 6.45) is 3.10. The van der Waals surface area contributed by atoms with Crippen LogP contribution in [0.25, 0.3) is 22.4 Å². The highest BCUT2D eigenvalue weighted by molar-refractivity contribution is 7.12. The Bertz CT molecular complexity index is 1370. The minimum atomic E-state index is -1.01. The van der Waals surface area contributed by atoms with Crippen LogP contribution in [0, 0.1) is 11.3 Å². The molecule has 0 bridgehead atoms. The van der Waals surface area contributed by atoms with E-state index in [9.17, 15) is 15.2 Å². The number of rotatable bonds is 7. The molecule has 1 N–H and O–H groups in total. The summed E-state index contributed by atoms with van der Waals surface area (Å²) >= 11 is 1.13. The predicted octanol–water partition coefficient (Wildman–Crippen LogP) is 5.06. The van der Waals surface area contributed by atoms with Crippen molar-refractivity contribution in [1.82, 2.24) is 4.98 Å². The topological polar surface area (TPSA) is 109 Å². The van der Waals surface area contributed by atoms with Crippen molar-refractivity contribution in [2.45, 2.75) is 6.61 Å². The van der Waals surface area contributed by atoms with E-state index in [2.05, 4.69) is 16.0 Å². The molecular weight excluding hydrogens is 466 g/mol. The Hall–Kier alpha value is -4.13. The van der Waals surface area contributed by atoms with Crippen LogP contribution in [0.15, 0.2) is 64.8 Å². The second-order valence-electron chi connectivity index (χ2n) is 7.87. The number of carboxylic acids is 1. The van der Waals surface area contributed by atoms with Crippen molar-refractivity contribution in [3.8, 4) is 34.3 Å². The van der Waals surface area contributed by atoms with E-state index in [-0.39, 0.29) is 22.9 Å². The van der Waals surface area contributed by atoms with E-state index in [1.54, 1.807) is 30.0 Å². The maximum absolute atomic E-state index is 11.5. The lowest BCUT2D eigenvalue weighted by Gasteiger charge is -2.28. The van der Waals surface area contributed by atoms with Crippen LogP contribution >= 0.6 is 11.3 Å². The average Bonchev–Trinajstić information content (AvgIpc) is 3.60. The van der Waals surface area contributed by atoms with Gasteiger partial charge in [-0.25, -0.2) is 9.78 Å². The van der Waals surface area contributed by atoms with E-state index in [1.807, 2.05) is 30.3 Å². The first-order chi connectivity index (χ1) is 17.1. The van der Waals surface area contributed by atoms with Gasteiger partial charge in [-0.15, -0.1) is 11.3 Å². The number of anilines is 1. The number of aromatic carboxylic acids is 1. The van der Waals surface area contributed by atoms with Crippen molar-refractivity contribution in [2.24, 2.45) is 0 Å². The van der Waals surface area contributed by atoms with Crippen LogP contribution < -0.4 is 9.64 Å². The van der Waals surface area contributed by atoms with Crippen LogP contribution in [-0.2, 0) is 11.3 Å². The summed E-state index contributed by atoms with van der Waals surface area (Å²) < 4.78 is 16.6. The van der Waals surface area contributed by atoms with Crippen molar-refractivity contribution in [3.05, 3.63) is 76.4 Å². The zero-order valence-corrected chi connectivity index (χ0v) is 19.5. The quantitative estimate of drug-likeness (QED) is 0.386. The number of ether oxygens (including phenoxy) is 2. The van der Waals surface area contributed by atoms with Gasteiger partial charge < -0.3 is 23.9 Å². The number of benzene rings is 1. The molecule has 35 heavy (non-hydrogen) atoms. The number of pyridine rings is 1. The number of thiophene rings is 1. The Morgan fingerprint density at radius 3 is 2.66 bits per heavy atom. The molecular formula is C26H21N3O5S. The number of carbonyl (C=O) groups is 1. The van der Waals surface area contributed by atoms with Gasteiger partial charge in [-0.05, 0) is 35.7 Å². The SMILES string of the molecule is N#Cc1c(-c2ccoc2)cc(-c2ccc(N3CCOCC3)cc2)nc1OCc1ccsc1C(=O)O. The van der Waals surface area contributed by atoms with Crippen LogP contribution in [0.5, 0.6) is 5.88 Å². The molecule has 8 nitrogen and oxygen atoms in total. The fourth-order valence-electron chi connectivity index (χ4n) is 3.98. The van der Waals surface area contributed by atoms with E-state index in [0.29, 0.717) is 30.0 Å². The molecule has 0 atom stereocenters. The number of morpholine rings is 1. The molecule has 0 amide bonds. The van der Waals surface area contributed by atoms with Crippen molar-refractivity contribution in [1.29, 1.82) is 5.26 Å². The monoisotopic (exact) mass is 487 g/mol. The standard InChI is InChI=1S/C26H21N3O5S/c27-14-22-21(18-5-9-33-15-18)13-23(17-1-3-20(4-2-17)29-7-10-32-11-8-29)28-25(22)34-16-19-6-12-35-24(19)26(30)31/h1-6,9,12-13,15H,7-8,10-11,16H2,(H,30,31). The summed E-state index contributed by atoms with van der Waals surface area (Å²) in [5.74, 6) is -0.874. The zero-order valence-electron chi connectivity index (χ0n) is 18.6. The molecule has 1 fully saturated rings. The lowest BCUT2D eigenvalue weighted by Crippen LogP contribution is -2.36. The Kier molecular flexibility index (Phi) is 6.48. The average molecular weight is 488 g/mol. The van der Waals surface area contributed by atoms with Gasteiger partial charge >= 0.3 is 5.97 Å². The van der Waals surface area contributed by atoms with Gasteiger partial charge in [-0.1, -0.05) is 12.1 Å². The van der Waals surface area contributed by atoms with Crippen LogP contribution in [-0.4, -0.2) is 42.4 Å². The molecule has 4 aromatic rings. The number of hydrogen-bond donors (Lipinski definition) is 1. The van der Waals surface area contributed by atoms with Crippen molar-refractivity contribution < 1.29 is 23.8 Å². The normalized spacial score (nSPS) is 13.4. The highest BCUT2D eigenvalue weighted by Crippen LogP contribution is 2.35. The van der Waals surface area contributed by atoms with Crippen LogP contribution in [0.1, 0.15) is 20.8 Å². The van der Waals surface area contributed by atoms with E-state index in [0.717, 1.165) is 41.2 Å². The van der Waals surface area contributed by atoms with Gasteiger partial charge in [0.05, 0.1) is 31.4 Å². The number of nitrogens with zero attached hydrogens (tertiary/aromatic N) is 3. The minimum absolute atomic E-state index is 0.0168. The summed E-state index contributed by atoms with van der Waals surface area (Å²) in [4.78, 5) is 18.6. The molecule has 3 aromatic heterocycles. The molecule has 0 saturated carbocycles. The second kappa shape index (κ2) is 10.0. The third-order valence-electron chi connectivity index (χ3n) is 5.77. The molecule has 9 heteroatoms. The fourth-order valence-corrected chi connectivity index (χ4v) is 4.72. The Labute approximate surface area is 205 Å². The van der Waals surface area contributed by atoms with Crippen LogP contribution in [0.4, 0.5) is 5.69 Å². The number of hydrogen-bond acceptors (Lipinski definition) is 8. The largest absolute Gasteiger partial charge is 0.477 e. The van der Waals surface area contributed by atoms with Gasteiger partial charge in [0.2, 0.25) is 5.88 Å². The van der Waals surface area contributed by atoms with Gasteiger partial charge in [0, 0.05) is 41.0 Å². The third-order valence-corrected chi connectivity index (χ3v) is 6.72. The number of aromatic nitrogens is 1. The van der Waals surface area contributed by atoms with E-state index in [1.165, 1.54) is 0 Å². The molecule has 0 unspecified atom stereocenters. The van der Waals surface area contributed by atoms with Gasteiger partial charge in [-0.2, -0.15) is 5.26 Å². The van der Waals surface area contributed by atoms with Crippen molar-refractivity contribution >= 4 is 23.0 Å². The maximum Gasteiger partial charge on any atom is 0.346 e. The molecule has 1 saturated heterocycles. The molecule has 0 aliphatic carbocycles. The first-order valence-electron chi connectivity index (χ1n) is 11.0. The molecule has 176 valence electrons. The molecule has 0 spiro atoms. The Morgan fingerprint density at radius 1 is 1.17 bits per heavy atom. The summed E-state index contributed by atoms with van der Waals surface area (Å²) in [6.45, 7) is 3.09. The van der Waals surface area contributed by atoms with Crippen LogP contribution in [0.3, 0.4) is 0 Å². The molecule has 0 radical (unpaired) electrons. The van der Waals surface area contributed by atoms with Crippen molar-refractivity contribution in [3.63, 3.8) is 0 Å². The molecule has 4 heterocycles. The van der Waals surface area contributed by atoms with E-state index < -0.39 is 5.97 Å². The molecule has 5 rings (SSSR count). The summed E-state index contributed by atoms with van der Waals surface area (Å²) in [6, 6.07) is 15.6. The van der Waals surface area contributed by atoms with Crippen LogP contribution in [0.2, 0.25) is 0 Å². The van der Waals surface area contributed by atoms with E-state index in [4.69, 9.17) is 13.9 Å². The second-order valence-corrected chi connectivity index (χ2v) is 8.79. The van der Waals surface area contributed by atoms with Crippen molar-refractivity contribution in [2.75, 3.05) is 31.2 Å². The zero-order chi connectivity index (χ0) is 24.2. The summed E-state index contributed by atoms with van der Waals surface area (Å²) in [5, 5.41) is 21.0. The van der Waals surface area contributed by atoms with E-state index >= 15 is 0 Å². The lowest BCUT2D eigenvalue weighted by molar-refractivity contribution is 0.0699. The smallest absolute Gasteiger partial charge is 0.346 e. The Balaban J connectivity index is 1.51. The fraction of sp³-hybridized carbons (Fsp3) is 0.192. The molecule has 1 aliphatic heterocycles. The summed E-state index contributed by atoms with van der Waals surface area (Å²) in [7, 11) is 0. The Morgan fingerprint density at radius 2 is 1.97 bits per heavy atom. The van der Waals surface area contributed by atoms with Gasteiger partial charge in [0.25, 0.3) is 0 Å². The molecule has 1 aromatic carbocycles. The van der Waals surface area contributed by atoms with Gasteiger partial charge in [0.1, 0.15) is 23.1 Å². The van der Waals surface area contributed by atoms with Gasteiger partial charge in [-0.3, -0.25) is 0 Å². The third kappa shape index (κ3) is 4.75. The number of carboxylic acid groups (broad SMARTS) is 1. The number of nitriles is 1. The minimum Gasteiger partial charge on any atom is -0.477 e. The lowest BCUT2D eigenvalue weighted by atomic mass is 10.0. The maximum atomic E-state index is 11.5. The first-order valence-corrected chi connectivity index (χ1v) is 11.9. The first kappa shape index (κ1) is 22.7.